The van der Waals surface area contributed by atoms with Crippen LogP contribution in [0, 0.1) is 25.2 Å². The number of allylic oxidation sites excluding steroid dienone is 2. The smallest absolute Gasteiger partial charge is 0.272 e. The van der Waals surface area contributed by atoms with E-state index in [1.54, 1.807) is 19.3 Å². The number of carbonyl (C=O) groups excluding carboxylic acids is 2. The Hall–Kier alpha value is -3.53. The molecule has 0 bridgehead atoms. The van der Waals surface area contributed by atoms with Gasteiger partial charge < -0.3 is 9.47 Å². The number of rotatable bonds is 3. The van der Waals surface area contributed by atoms with Gasteiger partial charge in [0, 0.05) is 22.3 Å². The first-order chi connectivity index (χ1) is 15.0. The summed E-state index contributed by atoms with van der Waals surface area (Å²) in [6.07, 6.45) is 3.21. The van der Waals surface area contributed by atoms with Crippen molar-refractivity contribution < 1.29 is 19.1 Å². The van der Waals surface area contributed by atoms with Crippen LogP contribution in [0.1, 0.15) is 62.0 Å². The molecule has 3 rings (SSSR count). The van der Waals surface area contributed by atoms with Crippen molar-refractivity contribution in [3.05, 3.63) is 69.7 Å². The highest BCUT2D eigenvalue weighted by Gasteiger charge is 2.33. The van der Waals surface area contributed by atoms with Crippen molar-refractivity contribution in [2.45, 2.75) is 66.2 Å². The fourth-order valence-corrected chi connectivity index (χ4v) is 3.74. The first kappa shape index (κ1) is 23.1. The average Bonchev–Trinajstić information content (AvgIpc) is 2.70. The summed E-state index contributed by atoms with van der Waals surface area (Å²) in [5.74, 6) is -0.128. The lowest BCUT2D eigenvalue weighted by Crippen LogP contribution is -2.56. The van der Waals surface area contributed by atoms with Crippen LogP contribution in [0.5, 0.6) is 0 Å². The van der Waals surface area contributed by atoms with Gasteiger partial charge in [0.1, 0.15) is 12.2 Å². The summed E-state index contributed by atoms with van der Waals surface area (Å²) in [5.41, 5.74) is 6.51. The van der Waals surface area contributed by atoms with E-state index in [9.17, 15) is 9.59 Å². The Bertz CT molecular complexity index is 1060. The van der Waals surface area contributed by atoms with E-state index < -0.39 is 17.7 Å². The van der Waals surface area contributed by atoms with Crippen molar-refractivity contribution in [1.29, 1.82) is 5.26 Å². The van der Waals surface area contributed by atoms with Gasteiger partial charge in [0.15, 0.2) is 0 Å². The van der Waals surface area contributed by atoms with Crippen molar-refractivity contribution in [2.75, 3.05) is 0 Å². The zero-order valence-electron chi connectivity index (χ0n) is 19.4. The number of aryl methyl sites for hydroxylation is 2. The fourth-order valence-electron chi connectivity index (χ4n) is 3.74. The predicted octanol–water partition coefficient (Wildman–Crippen LogP) is 4.35. The van der Waals surface area contributed by atoms with Crippen LogP contribution in [0.3, 0.4) is 0 Å². The third kappa shape index (κ3) is 4.86. The van der Waals surface area contributed by atoms with Gasteiger partial charge in [-0.05, 0) is 60.1 Å². The molecule has 1 aromatic rings. The first-order valence-corrected chi connectivity index (χ1v) is 10.5. The molecule has 1 aromatic carbocycles. The summed E-state index contributed by atoms with van der Waals surface area (Å²) in [7, 11) is 0. The standard InChI is InChI=1S/C25H29N3O4/c1-15-11-16(2)13-19(12-15)24(30)28(25(4,5)6)27-23(29)20-8-7-18-14-31-21(9-10-26)32-22(18)17(20)3/h8,11-14,21H,7,9H2,1-6H3,(H,27,29). The van der Waals surface area contributed by atoms with Crippen LogP contribution in [0.2, 0.25) is 0 Å². The largest absolute Gasteiger partial charge is 0.461 e. The molecule has 2 aliphatic rings. The number of nitrogens with one attached hydrogen (secondary N) is 1. The number of ether oxygens (including phenoxy) is 2. The van der Waals surface area contributed by atoms with Crippen LogP contribution < -0.4 is 5.43 Å². The molecule has 1 aliphatic carbocycles. The van der Waals surface area contributed by atoms with Gasteiger partial charge in [0.2, 0.25) is 0 Å². The van der Waals surface area contributed by atoms with Gasteiger partial charge in [-0.3, -0.25) is 15.0 Å². The first-order valence-electron chi connectivity index (χ1n) is 10.5. The number of nitrogens with zero attached hydrogens (tertiary/aromatic N) is 2. The Morgan fingerprint density at radius 1 is 1.19 bits per heavy atom. The number of carbonyl (C=O) groups is 2. The summed E-state index contributed by atoms with van der Waals surface area (Å²) in [5, 5.41) is 10.3. The van der Waals surface area contributed by atoms with Crippen LogP contribution in [0.15, 0.2) is 53.0 Å². The Labute approximate surface area is 189 Å². The maximum absolute atomic E-state index is 13.3. The molecule has 1 heterocycles. The molecule has 1 N–H and O–H groups in total. The second-order valence-electron chi connectivity index (χ2n) is 9.09. The van der Waals surface area contributed by atoms with Crippen LogP contribution in [0.25, 0.3) is 0 Å². The molecular weight excluding hydrogens is 406 g/mol. The lowest BCUT2D eigenvalue weighted by atomic mass is 9.93. The minimum atomic E-state index is -0.701. The summed E-state index contributed by atoms with van der Waals surface area (Å²) >= 11 is 0. The maximum Gasteiger partial charge on any atom is 0.272 e. The quantitative estimate of drug-likeness (QED) is 0.713. The van der Waals surface area contributed by atoms with E-state index in [0.29, 0.717) is 28.9 Å². The summed E-state index contributed by atoms with van der Waals surface area (Å²) in [6, 6.07) is 7.65. The highest BCUT2D eigenvalue weighted by molar-refractivity contribution is 6.01. The van der Waals surface area contributed by atoms with Gasteiger partial charge in [-0.15, -0.1) is 0 Å². The number of amides is 2. The van der Waals surface area contributed by atoms with Crippen molar-refractivity contribution in [1.82, 2.24) is 10.4 Å². The molecule has 0 saturated carbocycles. The number of hydrazine groups is 1. The van der Waals surface area contributed by atoms with Gasteiger partial charge in [-0.2, -0.15) is 5.26 Å². The number of hydrogen-bond donors (Lipinski definition) is 1. The molecule has 0 aromatic heterocycles. The lowest BCUT2D eigenvalue weighted by Gasteiger charge is -2.36. The van der Waals surface area contributed by atoms with E-state index in [1.807, 2.05) is 58.9 Å². The van der Waals surface area contributed by atoms with Gasteiger partial charge in [-0.25, -0.2) is 5.01 Å². The van der Waals surface area contributed by atoms with Gasteiger partial charge in [-0.1, -0.05) is 23.3 Å². The molecule has 168 valence electrons. The van der Waals surface area contributed by atoms with E-state index in [4.69, 9.17) is 14.7 Å². The molecule has 1 aliphatic heterocycles. The van der Waals surface area contributed by atoms with E-state index in [-0.39, 0.29) is 12.3 Å². The minimum absolute atomic E-state index is 0.0774. The van der Waals surface area contributed by atoms with Crippen molar-refractivity contribution in [2.24, 2.45) is 0 Å². The summed E-state index contributed by atoms with van der Waals surface area (Å²) in [4.78, 5) is 26.6. The Morgan fingerprint density at radius 3 is 2.44 bits per heavy atom. The highest BCUT2D eigenvalue weighted by Crippen LogP contribution is 2.35. The van der Waals surface area contributed by atoms with Crippen molar-refractivity contribution >= 4 is 11.8 Å². The predicted molar refractivity (Wildman–Crippen MR) is 120 cm³/mol. The maximum atomic E-state index is 13.3. The van der Waals surface area contributed by atoms with Gasteiger partial charge in [0.25, 0.3) is 18.1 Å². The highest BCUT2D eigenvalue weighted by atomic mass is 16.7. The van der Waals surface area contributed by atoms with Crippen molar-refractivity contribution in [3.8, 4) is 6.07 Å². The van der Waals surface area contributed by atoms with Gasteiger partial charge >= 0.3 is 0 Å². The van der Waals surface area contributed by atoms with Crippen molar-refractivity contribution in [3.63, 3.8) is 0 Å². The minimum Gasteiger partial charge on any atom is -0.461 e. The second-order valence-corrected chi connectivity index (χ2v) is 9.09. The number of nitriles is 1. The third-order valence-corrected chi connectivity index (χ3v) is 5.23. The van der Waals surface area contributed by atoms with E-state index in [1.165, 1.54) is 5.01 Å². The Morgan fingerprint density at radius 2 is 1.84 bits per heavy atom. The normalized spacial score (nSPS) is 17.7. The molecular formula is C25H29N3O4. The van der Waals surface area contributed by atoms with Gasteiger partial charge in [0.05, 0.1) is 17.9 Å². The monoisotopic (exact) mass is 435 g/mol. The molecule has 2 amide bonds. The lowest BCUT2D eigenvalue weighted by molar-refractivity contribution is -0.123. The zero-order valence-corrected chi connectivity index (χ0v) is 19.4. The van der Waals surface area contributed by atoms with E-state index in [2.05, 4.69) is 5.43 Å². The molecule has 0 spiro atoms. The molecule has 0 fully saturated rings. The third-order valence-electron chi connectivity index (χ3n) is 5.23. The van der Waals surface area contributed by atoms with E-state index >= 15 is 0 Å². The van der Waals surface area contributed by atoms with Crippen LogP contribution in [-0.2, 0) is 14.3 Å². The second kappa shape index (κ2) is 8.91. The average molecular weight is 436 g/mol. The van der Waals surface area contributed by atoms with Crippen LogP contribution in [0.4, 0.5) is 0 Å². The number of hydrogen-bond acceptors (Lipinski definition) is 5. The molecule has 1 unspecified atom stereocenters. The fraction of sp³-hybridized carbons (Fsp3) is 0.400. The molecule has 1 atom stereocenters. The molecule has 0 radical (unpaired) electrons. The number of fused-ring (bicyclic) bond motifs is 1. The molecule has 32 heavy (non-hydrogen) atoms. The van der Waals surface area contributed by atoms with Crippen LogP contribution in [-0.4, -0.2) is 28.7 Å². The van der Waals surface area contributed by atoms with E-state index in [0.717, 1.165) is 16.7 Å². The zero-order chi connectivity index (χ0) is 23.6. The number of benzene rings is 1. The molecule has 0 saturated heterocycles. The summed E-state index contributed by atoms with van der Waals surface area (Å²) in [6.45, 7) is 11.3. The SMILES string of the molecule is CC1=C2OC(CC#N)OC=C2CC=C1C(=O)NN(C(=O)c1cc(C)cc(C)c1)C(C)(C)C. The Balaban J connectivity index is 1.87. The molecule has 7 heteroatoms. The topological polar surface area (TPSA) is 91.7 Å². The van der Waals surface area contributed by atoms with Crippen LogP contribution >= 0.6 is 0 Å². The summed E-state index contributed by atoms with van der Waals surface area (Å²) < 4.78 is 11.2. The molecule has 7 nitrogen and oxygen atoms in total. The Kier molecular flexibility index (Phi) is 6.45.